The zero-order valence-corrected chi connectivity index (χ0v) is 17.7. The lowest BCUT2D eigenvalue weighted by atomic mass is 10.1. The average molecular weight is 413 g/mol. The van der Waals surface area contributed by atoms with Gasteiger partial charge in [0.2, 0.25) is 0 Å². The lowest BCUT2D eigenvalue weighted by Gasteiger charge is -2.26. The first kappa shape index (κ1) is 21.2. The molecule has 2 aromatic rings. The largest absolute Gasteiger partial charge is 0.357 e. The lowest BCUT2D eigenvalue weighted by molar-refractivity contribution is 0.0724. The highest BCUT2D eigenvalue weighted by Crippen LogP contribution is 2.14. The van der Waals surface area contributed by atoms with Crippen molar-refractivity contribution in [2.24, 2.45) is 4.99 Å². The van der Waals surface area contributed by atoms with Crippen LogP contribution in [0.25, 0.3) is 0 Å². The number of aliphatic imine (C=N–C) groups is 1. The maximum absolute atomic E-state index is 12.6. The molecular formula is C23H29ClN4O. The molecule has 1 aliphatic heterocycles. The van der Waals surface area contributed by atoms with E-state index in [9.17, 15) is 4.79 Å². The Hall–Kier alpha value is -2.53. The summed E-state index contributed by atoms with van der Waals surface area (Å²) in [5.41, 5.74) is 2.97. The van der Waals surface area contributed by atoms with Crippen LogP contribution in [-0.2, 0) is 13.1 Å². The molecule has 1 saturated heterocycles. The Labute approximate surface area is 178 Å². The minimum atomic E-state index is 0.137. The summed E-state index contributed by atoms with van der Waals surface area (Å²) in [6, 6.07) is 15.6. The van der Waals surface area contributed by atoms with Gasteiger partial charge in [0, 0.05) is 36.8 Å². The summed E-state index contributed by atoms with van der Waals surface area (Å²) in [5, 5.41) is 7.33. The van der Waals surface area contributed by atoms with Gasteiger partial charge in [0.25, 0.3) is 5.91 Å². The van der Waals surface area contributed by atoms with Crippen LogP contribution in [0.5, 0.6) is 0 Å². The summed E-state index contributed by atoms with van der Waals surface area (Å²) >= 11 is 5.94. The first-order valence-corrected chi connectivity index (χ1v) is 10.7. The average Bonchev–Trinajstić information content (AvgIpc) is 2.77. The number of hydrogen-bond donors (Lipinski definition) is 2. The van der Waals surface area contributed by atoms with Gasteiger partial charge in [-0.2, -0.15) is 0 Å². The van der Waals surface area contributed by atoms with Crippen molar-refractivity contribution in [1.29, 1.82) is 0 Å². The molecule has 5 nitrogen and oxygen atoms in total. The molecule has 2 aromatic carbocycles. The molecule has 0 bridgehead atoms. The SMILES string of the molecule is CCNC(=NCc1ccc(C(=O)N2CCCCC2)cc1)NCc1ccc(Cl)cc1. The molecule has 0 radical (unpaired) electrons. The molecule has 1 heterocycles. The number of rotatable bonds is 6. The van der Waals surface area contributed by atoms with Crippen LogP contribution in [0.2, 0.25) is 5.02 Å². The summed E-state index contributed by atoms with van der Waals surface area (Å²) in [4.78, 5) is 19.2. The fourth-order valence-electron chi connectivity index (χ4n) is 3.33. The minimum Gasteiger partial charge on any atom is -0.357 e. The van der Waals surface area contributed by atoms with E-state index in [1.165, 1.54) is 6.42 Å². The van der Waals surface area contributed by atoms with E-state index in [0.29, 0.717) is 13.1 Å². The second-order valence-corrected chi connectivity index (χ2v) is 7.66. The van der Waals surface area contributed by atoms with E-state index >= 15 is 0 Å². The zero-order valence-electron chi connectivity index (χ0n) is 17.0. The monoisotopic (exact) mass is 412 g/mol. The topological polar surface area (TPSA) is 56.7 Å². The van der Waals surface area contributed by atoms with Crippen molar-refractivity contribution in [1.82, 2.24) is 15.5 Å². The Balaban J connectivity index is 1.56. The van der Waals surface area contributed by atoms with Gasteiger partial charge in [-0.05, 0) is 61.6 Å². The first-order chi connectivity index (χ1) is 14.2. The molecule has 0 saturated carbocycles. The van der Waals surface area contributed by atoms with E-state index in [0.717, 1.165) is 60.1 Å². The number of benzene rings is 2. The van der Waals surface area contributed by atoms with E-state index in [-0.39, 0.29) is 5.91 Å². The normalized spacial score (nSPS) is 14.6. The lowest BCUT2D eigenvalue weighted by Crippen LogP contribution is -2.36. The molecule has 3 rings (SSSR count). The molecule has 0 aromatic heterocycles. The van der Waals surface area contributed by atoms with Crippen LogP contribution in [0.15, 0.2) is 53.5 Å². The van der Waals surface area contributed by atoms with E-state index in [1.807, 2.05) is 60.4 Å². The van der Waals surface area contributed by atoms with Gasteiger partial charge in [0.1, 0.15) is 0 Å². The summed E-state index contributed by atoms with van der Waals surface area (Å²) in [6.07, 6.45) is 3.43. The molecule has 1 aliphatic rings. The predicted molar refractivity (Wildman–Crippen MR) is 119 cm³/mol. The molecule has 0 aliphatic carbocycles. The molecule has 0 unspecified atom stereocenters. The van der Waals surface area contributed by atoms with E-state index in [4.69, 9.17) is 11.6 Å². The van der Waals surface area contributed by atoms with Gasteiger partial charge in [-0.25, -0.2) is 4.99 Å². The van der Waals surface area contributed by atoms with Gasteiger partial charge >= 0.3 is 0 Å². The van der Waals surface area contributed by atoms with Crippen LogP contribution in [0.3, 0.4) is 0 Å². The second-order valence-electron chi connectivity index (χ2n) is 7.22. The molecule has 29 heavy (non-hydrogen) atoms. The second kappa shape index (κ2) is 10.9. The van der Waals surface area contributed by atoms with Crippen molar-refractivity contribution in [3.8, 4) is 0 Å². The Kier molecular flexibility index (Phi) is 7.94. The summed E-state index contributed by atoms with van der Waals surface area (Å²) in [5.74, 6) is 0.897. The Bertz CT molecular complexity index is 812. The summed E-state index contributed by atoms with van der Waals surface area (Å²) in [7, 11) is 0. The highest BCUT2D eigenvalue weighted by atomic mass is 35.5. The molecule has 0 atom stereocenters. The molecule has 0 spiro atoms. The number of carbonyl (C=O) groups excluding carboxylic acids is 1. The van der Waals surface area contributed by atoms with Crippen molar-refractivity contribution in [3.63, 3.8) is 0 Å². The molecule has 1 fully saturated rings. The standard InChI is InChI=1S/C23H29ClN4O/c1-2-25-23(27-17-19-8-12-21(24)13-9-19)26-16-18-6-10-20(11-7-18)22(29)28-14-4-3-5-15-28/h6-13H,2-5,14-17H2,1H3,(H2,25,26,27). The van der Waals surface area contributed by atoms with E-state index in [1.54, 1.807) is 0 Å². The maximum atomic E-state index is 12.6. The minimum absolute atomic E-state index is 0.137. The van der Waals surface area contributed by atoms with Gasteiger partial charge in [-0.3, -0.25) is 4.79 Å². The third kappa shape index (κ3) is 6.50. The van der Waals surface area contributed by atoms with Gasteiger partial charge < -0.3 is 15.5 Å². The van der Waals surface area contributed by atoms with E-state index in [2.05, 4.69) is 15.6 Å². The van der Waals surface area contributed by atoms with Crippen molar-refractivity contribution in [2.75, 3.05) is 19.6 Å². The summed E-state index contributed by atoms with van der Waals surface area (Å²) in [6.45, 7) is 5.79. The van der Waals surface area contributed by atoms with Crippen LogP contribution in [-0.4, -0.2) is 36.4 Å². The third-order valence-corrected chi connectivity index (χ3v) is 5.23. The number of piperidine rings is 1. The molecular weight excluding hydrogens is 384 g/mol. The molecule has 154 valence electrons. The van der Waals surface area contributed by atoms with Crippen LogP contribution < -0.4 is 10.6 Å². The van der Waals surface area contributed by atoms with Crippen molar-refractivity contribution >= 4 is 23.5 Å². The number of carbonyl (C=O) groups is 1. The zero-order chi connectivity index (χ0) is 20.5. The number of nitrogens with zero attached hydrogens (tertiary/aromatic N) is 2. The number of amides is 1. The smallest absolute Gasteiger partial charge is 0.253 e. The van der Waals surface area contributed by atoms with Crippen LogP contribution in [0, 0.1) is 0 Å². The van der Waals surface area contributed by atoms with Crippen molar-refractivity contribution in [2.45, 2.75) is 39.3 Å². The fraction of sp³-hybridized carbons (Fsp3) is 0.391. The maximum Gasteiger partial charge on any atom is 0.253 e. The van der Waals surface area contributed by atoms with Crippen molar-refractivity contribution in [3.05, 3.63) is 70.2 Å². The number of likely N-dealkylation sites (tertiary alicyclic amines) is 1. The quantitative estimate of drug-likeness (QED) is 0.551. The molecule has 6 heteroatoms. The first-order valence-electron chi connectivity index (χ1n) is 10.3. The highest BCUT2D eigenvalue weighted by Gasteiger charge is 2.17. The Morgan fingerprint density at radius 3 is 2.28 bits per heavy atom. The van der Waals surface area contributed by atoms with Gasteiger partial charge in [-0.15, -0.1) is 0 Å². The highest BCUT2D eigenvalue weighted by molar-refractivity contribution is 6.30. The van der Waals surface area contributed by atoms with Crippen LogP contribution in [0.4, 0.5) is 0 Å². The van der Waals surface area contributed by atoms with Gasteiger partial charge in [0.15, 0.2) is 5.96 Å². The van der Waals surface area contributed by atoms with Crippen LogP contribution in [0.1, 0.15) is 47.7 Å². The van der Waals surface area contributed by atoms with Gasteiger partial charge in [-0.1, -0.05) is 35.9 Å². The Morgan fingerprint density at radius 1 is 0.966 bits per heavy atom. The molecule has 1 amide bonds. The molecule has 2 N–H and O–H groups in total. The van der Waals surface area contributed by atoms with Gasteiger partial charge in [0.05, 0.1) is 6.54 Å². The Morgan fingerprint density at radius 2 is 1.62 bits per heavy atom. The number of nitrogens with one attached hydrogen (secondary N) is 2. The third-order valence-electron chi connectivity index (χ3n) is 4.98. The predicted octanol–water partition coefficient (Wildman–Crippen LogP) is 4.22. The van der Waals surface area contributed by atoms with Crippen LogP contribution >= 0.6 is 11.6 Å². The number of guanidine groups is 1. The van der Waals surface area contributed by atoms with Crippen molar-refractivity contribution < 1.29 is 4.79 Å². The van der Waals surface area contributed by atoms with E-state index < -0.39 is 0 Å². The number of halogens is 1. The summed E-state index contributed by atoms with van der Waals surface area (Å²) < 4.78 is 0. The number of hydrogen-bond acceptors (Lipinski definition) is 2. The fourth-order valence-corrected chi connectivity index (χ4v) is 3.46.